The Hall–Kier alpha value is -2.41. The molecule has 0 radical (unpaired) electrons. The minimum Gasteiger partial charge on any atom is -1.00 e. The number of hydrogen-bond acceptors (Lipinski definition) is 1. The molecule has 0 fully saturated rings. The van der Waals surface area contributed by atoms with E-state index in [-0.39, 0.29) is 17.0 Å². The smallest absolute Gasteiger partial charge is 0.126 e. The Bertz CT molecular complexity index is 955. The summed E-state index contributed by atoms with van der Waals surface area (Å²) in [5.74, 6) is 1.01. The highest BCUT2D eigenvalue weighted by atomic mass is 79.9. The third-order valence-corrected chi connectivity index (χ3v) is 9.79. The number of halogens is 1. The van der Waals surface area contributed by atoms with Crippen LogP contribution in [0.2, 0.25) is 0 Å². The van der Waals surface area contributed by atoms with E-state index in [9.17, 15) is 0 Å². The van der Waals surface area contributed by atoms with Gasteiger partial charge in [0, 0.05) is 5.56 Å². The quantitative estimate of drug-likeness (QED) is 0.345. The molecule has 31 heavy (non-hydrogen) atoms. The molecule has 0 aliphatic rings. The van der Waals surface area contributed by atoms with Crippen LogP contribution in [0.4, 0.5) is 0 Å². The van der Waals surface area contributed by atoms with Crippen LogP contribution in [0, 0.1) is 0 Å². The van der Waals surface area contributed by atoms with Gasteiger partial charge in [-0.1, -0.05) is 79.7 Å². The van der Waals surface area contributed by atoms with Crippen molar-refractivity contribution in [2.75, 3.05) is 6.61 Å². The monoisotopic (exact) mass is 490 g/mol. The van der Waals surface area contributed by atoms with E-state index in [2.05, 4.69) is 122 Å². The topological polar surface area (TPSA) is 9.23 Å². The molecular formula is C28H28BrOP. The third kappa shape index (κ3) is 5.09. The van der Waals surface area contributed by atoms with Gasteiger partial charge in [-0.25, -0.2) is 0 Å². The molecule has 3 heteroatoms. The van der Waals surface area contributed by atoms with E-state index < -0.39 is 7.26 Å². The minimum absolute atomic E-state index is 0. The maximum Gasteiger partial charge on any atom is 0.126 e. The molecular weight excluding hydrogens is 463 g/mol. The van der Waals surface area contributed by atoms with E-state index in [1.165, 1.54) is 21.5 Å². The number of para-hydroxylation sites is 1. The van der Waals surface area contributed by atoms with Crippen LogP contribution in [0.25, 0.3) is 0 Å². The lowest BCUT2D eigenvalue weighted by Gasteiger charge is -2.28. The van der Waals surface area contributed by atoms with E-state index in [0.717, 1.165) is 24.9 Å². The molecule has 4 aromatic carbocycles. The zero-order chi connectivity index (χ0) is 20.7. The zero-order valence-electron chi connectivity index (χ0n) is 17.8. The van der Waals surface area contributed by atoms with Crippen molar-refractivity contribution in [2.24, 2.45) is 0 Å². The normalized spacial score (nSPS) is 10.9. The Morgan fingerprint density at radius 2 is 1.00 bits per heavy atom. The molecule has 0 atom stereocenters. The summed E-state index contributed by atoms with van der Waals surface area (Å²) >= 11 is 0. The fourth-order valence-corrected chi connectivity index (χ4v) is 8.27. The lowest BCUT2D eigenvalue weighted by molar-refractivity contribution is -0.00000631. The van der Waals surface area contributed by atoms with Gasteiger partial charge >= 0.3 is 0 Å². The minimum atomic E-state index is -1.91. The SMILES string of the molecule is CCCOc1ccccc1C[P+](c1ccccc1)(c1ccccc1)c1ccccc1.[Br-]. The summed E-state index contributed by atoms with van der Waals surface area (Å²) in [5.41, 5.74) is 1.27. The van der Waals surface area contributed by atoms with Crippen molar-refractivity contribution in [1.82, 2.24) is 0 Å². The Kier molecular flexibility index (Phi) is 8.46. The molecule has 0 aliphatic carbocycles. The van der Waals surface area contributed by atoms with Gasteiger partial charge in [-0.15, -0.1) is 0 Å². The van der Waals surface area contributed by atoms with Crippen molar-refractivity contribution >= 4 is 23.2 Å². The highest BCUT2D eigenvalue weighted by Gasteiger charge is 2.45. The van der Waals surface area contributed by atoms with Crippen molar-refractivity contribution in [3.8, 4) is 5.75 Å². The highest BCUT2D eigenvalue weighted by molar-refractivity contribution is 7.95. The largest absolute Gasteiger partial charge is 1.00 e. The summed E-state index contributed by atoms with van der Waals surface area (Å²) < 4.78 is 6.16. The summed E-state index contributed by atoms with van der Waals surface area (Å²) in [5, 5.41) is 4.19. The molecule has 0 aliphatic heterocycles. The lowest BCUT2D eigenvalue weighted by Crippen LogP contribution is -3.00. The van der Waals surface area contributed by atoms with Gasteiger partial charge in [-0.2, -0.15) is 0 Å². The van der Waals surface area contributed by atoms with Crippen LogP contribution in [0.1, 0.15) is 18.9 Å². The molecule has 0 unspecified atom stereocenters. The number of hydrogen-bond donors (Lipinski definition) is 0. The maximum atomic E-state index is 6.16. The van der Waals surface area contributed by atoms with Crippen LogP contribution in [0.15, 0.2) is 115 Å². The molecule has 0 aromatic heterocycles. The molecule has 1 nitrogen and oxygen atoms in total. The first kappa shape index (κ1) is 23.3. The van der Waals surface area contributed by atoms with Crippen molar-refractivity contribution < 1.29 is 21.7 Å². The molecule has 4 aromatic rings. The summed E-state index contributed by atoms with van der Waals surface area (Å²) in [6.07, 6.45) is 1.94. The van der Waals surface area contributed by atoms with Gasteiger partial charge in [0.2, 0.25) is 0 Å². The average molecular weight is 491 g/mol. The molecule has 0 saturated carbocycles. The first-order valence-electron chi connectivity index (χ1n) is 10.6. The Balaban J connectivity index is 0.00000272. The lowest BCUT2D eigenvalue weighted by atomic mass is 10.2. The second-order valence-corrected chi connectivity index (χ2v) is 10.9. The molecule has 0 amide bonds. The summed E-state index contributed by atoms with van der Waals surface area (Å²) in [7, 11) is -1.91. The van der Waals surface area contributed by atoms with E-state index in [1.54, 1.807) is 0 Å². The summed E-state index contributed by atoms with van der Waals surface area (Å²) in [4.78, 5) is 0. The van der Waals surface area contributed by atoms with Crippen molar-refractivity contribution in [3.05, 3.63) is 121 Å². The van der Waals surface area contributed by atoms with Crippen LogP contribution in [0.5, 0.6) is 5.75 Å². The van der Waals surface area contributed by atoms with Crippen LogP contribution < -0.4 is 37.6 Å². The standard InChI is InChI=1S/C28H28OP.BrH/c1-2-22-29-28-21-13-12-14-24(28)23-30(25-15-6-3-7-16-25,26-17-8-4-9-18-26)27-19-10-5-11-20-27;/h3-21H,2,22-23H2,1H3;1H/q+1;/p-1. The Labute approximate surface area is 197 Å². The number of rotatable bonds is 8. The van der Waals surface area contributed by atoms with Crippen LogP contribution >= 0.6 is 7.26 Å². The molecule has 0 heterocycles. The van der Waals surface area contributed by atoms with Crippen molar-refractivity contribution in [1.29, 1.82) is 0 Å². The van der Waals surface area contributed by atoms with Gasteiger partial charge in [-0.3, -0.25) is 0 Å². The summed E-state index contributed by atoms with van der Waals surface area (Å²) in [6.45, 7) is 2.89. The van der Waals surface area contributed by atoms with Crippen molar-refractivity contribution in [3.63, 3.8) is 0 Å². The second-order valence-electron chi connectivity index (χ2n) is 7.43. The Morgan fingerprint density at radius 3 is 1.45 bits per heavy atom. The third-order valence-electron chi connectivity index (χ3n) is 5.43. The van der Waals surface area contributed by atoms with E-state index in [1.807, 2.05) is 0 Å². The average Bonchev–Trinajstić information content (AvgIpc) is 2.83. The fraction of sp³-hybridized carbons (Fsp3) is 0.143. The number of ether oxygens (including phenoxy) is 1. The number of benzene rings is 4. The van der Waals surface area contributed by atoms with Gasteiger partial charge < -0.3 is 21.7 Å². The molecule has 0 N–H and O–H groups in total. The highest BCUT2D eigenvalue weighted by Crippen LogP contribution is 2.58. The Morgan fingerprint density at radius 1 is 0.581 bits per heavy atom. The zero-order valence-corrected chi connectivity index (χ0v) is 20.3. The maximum absolute atomic E-state index is 6.16. The van der Waals surface area contributed by atoms with Crippen LogP contribution in [0.3, 0.4) is 0 Å². The van der Waals surface area contributed by atoms with E-state index in [0.29, 0.717) is 0 Å². The van der Waals surface area contributed by atoms with Crippen LogP contribution in [-0.2, 0) is 6.16 Å². The van der Waals surface area contributed by atoms with Gasteiger partial charge in [0.15, 0.2) is 0 Å². The first-order valence-corrected chi connectivity index (χ1v) is 12.6. The molecule has 0 spiro atoms. The first-order chi connectivity index (χ1) is 14.8. The molecule has 158 valence electrons. The predicted octanol–water partition coefficient (Wildman–Crippen LogP) is 2.97. The molecule has 0 saturated heterocycles. The molecule has 0 bridgehead atoms. The van der Waals surface area contributed by atoms with E-state index in [4.69, 9.17) is 4.74 Å². The fourth-order valence-electron chi connectivity index (χ4n) is 4.01. The van der Waals surface area contributed by atoms with Gasteiger partial charge in [0.05, 0.1) is 6.61 Å². The van der Waals surface area contributed by atoms with Crippen LogP contribution in [-0.4, -0.2) is 6.61 Å². The van der Waals surface area contributed by atoms with Gasteiger partial charge in [0.25, 0.3) is 0 Å². The molecule has 4 rings (SSSR count). The van der Waals surface area contributed by atoms with Crippen molar-refractivity contribution in [2.45, 2.75) is 19.5 Å². The van der Waals surface area contributed by atoms with E-state index >= 15 is 0 Å². The predicted molar refractivity (Wildman–Crippen MR) is 131 cm³/mol. The van der Waals surface area contributed by atoms with Gasteiger partial charge in [-0.05, 0) is 48.9 Å². The van der Waals surface area contributed by atoms with Gasteiger partial charge in [0.1, 0.15) is 35.1 Å². The summed E-state index contributed by atoms with van der Waals surface area (Å²) in [6, 6.07) is 41.6. The second kappa shape index (κ2) is 11.3.